The highest BCUT2D eigenvalue weighted by molar-refractivity contribution is 7.92. The number of amides is 1. The lowest BCUT2D eigenvalue weighted by atomic mass is 10.1. The Kier molecular flexibility index (Phi) is 25.7. The number of hydrogen-bond donors (Lipinski definition) is 4. The summed E-state index contributed by atoms with van der Waals surface area (Å²) < 4.78 is 54.8. The number of benzene rings is 1. The maximum Gasteiger partial charge on any atom is 0.329 e. The van der Waals surface area contributed by atoms with E-state index in [2.05, 4.69) is 15.0 Å². The molecule has 2 rings (SSSR count). The summed E-state index contributed by atoms with van der Waals surface area (Å²) in [7, 11) is -3.92. The number of sulfonamides is 1. The molecule has 314 valence electrons. The fraction of sp³-hybridized carbons (Fsp3) is 0.615. The summed E-state index contributed by atoms with van der Waals surface area (Å²) in [6.45, 7) is 1.79. The Hall–Kier alpha value is -4.16. The molecule has 0 saturated heterocycles. The zero-order chi connectivity index (χ0) is 40.7. The van der Waals surface area contributed by atoms with E-state index in [9.17, 15) is 27.6 Å². The van der Waals surface area contributed by atoms with Gasteiger partial charge in [-0.1, -0.05) is 57.8 Å². The van der Waals surface area contributed by atoms with Gasteiger partial charge in [0.25, 0.3) is 15.9 Å². The van der Waals surface area contributed by atoms with E-state index in [1.807, 2.05) is 0 Å². The third-order valence-electron chi connectivity index (χ3n) is 8.21. The first-order valence-corrected chi connectivity index (χ1v) is 20.8. The Balaban J connectivity index is 1.50. The number of rotatable bonds is 36. The van der Waals surface area contributed by atoms with Crippen LogP contribution in [0.4, 0.5) is 5.82 Å². The van der Waals surface area contributed by atoms with Gasteiger partial charge in [-0.2, -0.15) is 0 Å². The van der Waals surface area contributed by atoms with Crippen molar-refractivity contribution in [1.82, 2.24) is 10.3 Å². The van der Waals surface area contributed by atoms with E-state index >= 15 is 0 Å². The Morgan fingerprint density at radius 3 is 1.79 bits per heavy atom. The molecule has 1 heterocycles. The Labute approximate surface area is 330 Å². The summed E-state index contributed by atoms with van der Waals surface area (Å²) in [6.07, 6.45) is 14.3. The third-order valence-corrected chi connectivity index (χ3v) is 9.58. The Morgan fingerprint density at radius 1 is 0.589 bits per heavy atom. The number of anilines is 1. The number of aliphatic carboxylic acids is 2. The largest absolute Gasteiger partial charge is 0.494 e. The van der Waals surface area contributed by atoms with Gasteiger partial charge in [0.2, 0.25) is 0 Å². The molecule has 0 aliphatic rings. The van der Waals surface area contributed by atoms with Crippen LogP contribution < -0.4 is 14.8 Å². The topological polar surface area (TPSA) is 226 Å². The van der Waals surface area contributed by atoms with Gasteiger partial charge in [-0.05, 0) is 55.7 Å². The van der Waals surface area contributed by atoms with Crippen LogP contribution >= 0.6 is 0 Å². The molecule has 0 fully saturated rings. The van der Waals surface area contributed by atoms with Gasteiger partial charge in [0.05, 0.1) is 50.1 Å². The van der Waals surface area contributed by atoms with Crippen molar-refractivity contribution in [2.24, 2.45) is 0 Å². The average molecular weight is 810 g/mol. The summed E-state index contributed by atoms with van der Waals surface area (Å²) in [4.78, 5) is 49.3. The van der Waals surface area contributed by atoms with E-state index < -0.39 is 27.9 Å². The first kappa shape index (κ1) is 48.0. The van der Waals surface area contributed by atoms with Crippen molar-refractivity contribution < 1.29 is 61.5 Å². The zero-order valence-electron chi connectivity index (χ0n) is 32.3. The molecule has 17 heteroatoms. The lowest BCUT2D eigenvalue weighted by molar-refractivity contribution is -0.143. The van der Waals surface area contributed by atoms with Crippen LogP contribution in [0.1, 0.15) is 100 Å². The van der Waals surface area contributed by atoms with E-state index in [4.69, 9.17) is 33.9 Å². The summed E-state index contributed by atoms with van der Waals surface area (Å²) in [6, 6.07) is 9.02. The second-order valence-electron chi connectivity index (χ2n) is 13.0. The standard InChI is InChI=1S/C39H59N3O13S/c43-33(13-12-22-51-25-28-54-31-38(46)47)30-53-27-26-52-24-21-40-39(48)32-15-20-36(41-29-32)42-56(49,50)35-18-16-34(17-19-35)55-23-11-9-7-5-3-1-2-4-6-8-10-14-37(44)45/h15-20,29H,1-14,21-28,30-31H2,(H,40,48)(H,41,42)(H,44,45)(H,46,47). The highest BCUT2D eigenvalue weighted by Crippen LogP contribution is 2.19. The van der Waals surface area contributed by atoms with Crippen LogP contribution in [0.5, 0.6) is 5.75 Å². The molecule has 2 aromatic rings. The number of Topliss-reactive ketones (excluding diaryl/α,β-unsaturated/α-hetero) is 1. The number of carboxylic acid groups (broad SMARTS) is 2. The highest BCUT2D eigenvalue weighted by atomic mass is 32.2. The van der Waals surface area contributed by atoms with Gasteiger partial charge in [-0.15, -0.1) is 0 Å². The van der Waals surface area contributed by atoms with Crippen LogP contribution in [0.15, 0.2) is 47.5 Å². The molecular weight excluding hydrogens is 751 g/mol. The van der Waals surface area contributed by atoms with Crippen molar-refractivity contribution in [3.63, 3.8) is 0 Å². The van der Waals surface area contributed by atoms with Crippen LogP contribution in [0.2, 0.25) is 0 Å². The number of carboxylic acids is 2. The minimum absolute atomic E-state index is 0.0478. The number of nitrogens with zero attached hydrogens (tertiary/aromatic N) is 1. The van der Waals surface area contributed by atoms with Gasteiger partial charge < -0.3 is 39.2 Å². The molecular formula is C39H59N3O13S. The monoisotopic (exact) mass is 809 g/mol. The number of ether oxygens (including phenoxy) is 5. The summed E-state index contributed by atoms with van der Waals surface area (Å²) in [5.41, 5.74) is 0.242. The molecule has 4 N–H and O–H groups in total. The number of pyridine rings is 1. The van der Waals surface area contributed by atoms with Gasteiger partial charge in [0.15, 0.2) is 5.78 Å². The number of carbonyl (C=O) groups excluding carboxylic acids is 2. The molecule has 1 aromatic carbocycles. The van der Waals surface area contributed by atoms with Crippen LogP contribution in [0.3, 0.4) is 0 Å². The van der Waals surface area contributed by atoms with Crippen molar-refractivity contribution in [3.05, 3.63) is 48.2 Å². The molecule has 0 bridgehead atoms. The van der Waals surface area contributed by atoms with Crippen molar-refractivity contribution in [2.75, 3.05) is 70.7 Å². The van der Waals surface area contributed by atoms with E-state index in [0.29, 0.717) is 31.8 Å². The SMILES string of the molecule is O=C(O)CCCCCCCCCCCCCOc1ccc(S(=O)(=O)Nc2ccc(C(=O)NCCOCCOCC(=O)CCCOCCOCC(=O)O)cn2)cc1. The first-order chi connectivity index (χ1) is 27.1. The van der Waals surface area contributed by atoms with Gasteiger partial charge in [0, 0.05) is 32.2 Å². The van der Waals surface area contributed by atoms with Crippen molar-refractivity contribution in [2.45, 2.75) is 94.8 Å². The number of nitrogens with one attached hydrogen (secondary N) is 2. The minimum atomic E-state index is -3.92. The molecule has 16 nitrogen and oxygen atoms in total. The normalized spacial score (nSPS) is 11.3. The molecule has 0 spiro atoms. The second-order valence-corrected chi connectivity index (χ2v) is 14.7. The van der Waals surface area contributed by atoms with Crippen molar-refractivity contribution in [3.8, 4) is 5.75 Å². The summed E-state index contributed by atoms with van der Waals surface area (Å²) in [5, 5.41) is 19.8. The highest BCUT2D eigenvalue weighted by Gasteiger charge is 2.16. The quantitative estimate of drug-likeness (QED) is 0.0645. The van der Waals surface area contributed by atoms with Crippen LogP contribution in [-0.2, 0) is 43.4 Å². The number of hydrogen-bond acceptors (Lipinski definition) is 12. The number of carbonyl (C=O) groups is 4. The van der Waals surface area contributed by atoms with Crippen molar-refractivity contribution >= 4 is 39.5 Å². The van der Waals surface area contributed by atoms with Gasteiger partial charge in [-0.25, -0.2) is 18.2 Å². The molecule has 0 atom stereocenters. The maximum atomic E-state index is 12.9. The molecule has 0 aliphatic carbocycles. The predicted octanol–water partition coefficient (Wildman–Crippen LogP) is 5.26. The van der Waals surface area contributed by atoms with Gasteiger partial charge in [-0.3, -0.25) is 19.1 Å². The number of ketones is 1. The number of aromatic nitrogens is 1. The molecule has 1 amide bonds. The van der Waals surface area contributed by atoms with E-state index in [0.717, 1.165) is 38.5 Å². The fourth-order valence-electron chi connectivity index (χ4n) is 5.23. The van der Waals surface area contributed by atoms with Crippen LogP contribution in [0, 0.1) is 0 Å². The predicted molar refractivity (Wildman–Crippen MR) is 208 cm³/mol. The Bertz CT molecular complexity index is 1510. The zero-order valence-corrected chi connectivity index (χ0v) is 33.1. The van der Waals surface area contributed by atoms with E-state index in [1.165, 1.54) is 62.6 Å². The maximum absolute atomic E-state index is 12.9. The van der Waals surface area contributed by atoms with Crippen LogP contribution in [0.25, 0.3) is 0 Å². The Morgan fingerprint density at radius 2 is 1.18 bits per heavy atom. The molecule has 1 aromatic heterocycles. The minimum Gasteiger partial charge on any atom is -0.494 e. The van der Waals surface area contributed by atoms with Crippen LogP contribution in [-0.4, -0.2) is 113 Å². The molecule has 0 unspecified atom stereocenters. The summed E-state index contributed by atoms with van der Waals surface area (Å²) in [5.74, 6) is -1.59. The smallest absolute Gasteiger partial charge is 0.329 e. The fourth-order valence-corrected chi connectivity index (χ4v) is 6.24. The second kappa shape index (κ2) is 30.0. The van der Waals surface area contributed by atoms with Gasteiger partial charge in [0.1, 0.15) is 24.8 Å². The van der Waals surface area contributed by atoms with Gasteiger partial charge >= 0.3 is 11.9 Å². The molecule has 56 heavy (non-hydrogen) atoms. The third kappa shape index (κ3) is 24.4. The summed E-state index contributed by atoms with van der Waals surface area (Å²) >= 11 is 0. The first-order valence-electron chi connectivity index (χ1n) is 19.3. The van der Waals surface area contributed by atoms with Crippen molar-refractivity contribution in [1.29, 1.82) is 0 Å². The average Bonchev–Trinajstić information content (AvgIpc) is 3.17. The lowest BCUT2D eigenvalue weighted by Gasteiger charge is -2.10. The molecule has 0 radical (unpaired) electrons. The molecule has 0 saturated carbocycles. The van der Waals surface area contributed by atoms with E-state index in [-0.39, 0.29) is 81.3 Å². The lowest BCUT2D eigenvalue weighted by Crippen LogP contribution is -2.28. The number of unbranched alkanes of at least 4 members (excludes halogenated alkanes) is 10. The van der Waals surface area contributed by atoms with E-state index in [1.54, 1.807) is 12.1 Å². The molecule has 0 aliphatic heterocycles.